The summed E-state index contributed by atoms with van der Waals surface area (Å²) in [6, 6.07) is 10.3. The molecule has 6 nitrogen and oxygen atoms in total. The van der Waals surface area contributed by atoms with Crippen molar-refractivity contribution in [3.05, 3.63) is 59.5 Å². The Kier molecular flexibility index (Phi) is 4.46. The fourth-order valence-corrected chi connectivity index (χ4v) is 2.76. The molecule has 6 heteroatoms. The summed E-state index contributed by atoms with van der Waals surface area (Å²) in [7, 11) is 0. The number of furan rings is 1. The van der Waals surface area contributed by atoms with E-state index in [4.69, 9.17) is 4.42 Å². The Morgan fingerprint density at radius 1 is 1.25 bits per heavy atom. The maximum atomic E-state index is 12.4. The summed E-state index contributed by atoms with van der Waals surface area (Å²) in [4.78, 5) is 37.8. The lowest BCUT2D eigenvalue weighted by Crippen LogP contribution is -2.44. The molecule has 1 aromatic carbocycles. The van der Waals surface area contributed by atoms with E-state index in [1.807, 2.05) is 6.92 Å². The van der Waals surface area contributed by atoms with Crippen LogP contribution in [0.1, 0.15) is 41.1 Å². The third kappa shape index (κ3) is 3.22. The van der Waals surface area contributed by atoms with Gasteiger partial charge in [0, 0.05) is 18.5 Å². The lowest BCUT2D eigenvalue weighted by Gasteiger charge is -2.26. The summed E-state index contributed by atoms with van der Waals surface area (Å²) < 4.78 is 5.23. The number of carbonyl (C=O) groups excluding carboxylic acids is 3. The van der Waals surface area contributed by atoms with E-state index < -0.39 is 0 Å². The van der Waals surface area contributed by atoms with Gasteiger partial charge in [0.2, 0.25) is 11.8 Å². The minimum absolute atomic E-state index is 0.0602. The number of carbonyl (C=O) groups is 3. The van der Waals surface area contributed by atoms with Crippen molar-refractivity contribution in [2.24, 2.45) is 0 Å². The maximum absolute atomic E-state index is 12.4. The summed E-state index contributed by atoms with van der Waals surface area (Å²) in [5, 5.41) is 2.79. The highest BCUT2D eigenvalue weighted by Gasteiger charge is 2.30. The number of nitrogens with one attached hydrogen (secondary N) is 1. The van der Waals surface area contributed by atoms with Crippen molar-refractivity contribution in [2.45, 2.75) is 25.8 Å². The Balaban J connectivity index is 1.59. The Hall–Kier alpha value is -2.89. The lowest BCUT2D eigenvalue weighted by molar-refractivity contribution is -0.129. The van der Waals surface area contributed by atoms with E-state index in [1.54, 1.807) is 42.7 Å². The number of nitrogens with zero attached hydrogens (tertiary/aromatic N) is 1. The first-order valence-corrected chi connectivity index (χ1v) is 7.81. The summed E-state index contributed by atoms with van der Waals surface area (Å²) in [5.74, 6) is -0.194. The third-order valence-electron chi connectivity index (χ3n) is 4.05. The van der Waals surface area contributed by atoms with Crippen LogP contribution in [0, 0.1) is 0 Å². The maximum Gasteiger partial charge on any atom is 0.260 e. The van der Waals surface area contributed by atoms with Gasteiger partial charge in [0.25, 0.3) is 5.91 Å². The molecule has 0 radical (unpaired) electrons. The van der Waals surface area contributed by atoms with E-state index in [1.165, 1.54) is 0 Å². The average molecular weight is 326 g/mol. The van der Waals surface area contributed by atoms with Crippen molar-refractivity contribution < 1.29 is 18.8 Å². The molecule has 1 aliphatic heterocycles. The van der Waals surface area contributed by atoms with Crippen molar-refractivity contribution in [1.82, 2.24) is 10.2 Å². The molecule has 3 rings (SSSR count). The van der Waals surface area contributed by atoms with Crippen LogP contribution in [-0.4, -0.2) is 29.2 Å². The van der Waals surface area contributed by atoms with Crippen molar-refractivity contribution >= 4 is 17.7 Å². The second kappa shape index (κ2) is 6.70. The van der Waals surface area contributed by atoms with Crippen LogP contribution in [0.25, 0.3) is 0 Å². The Morgan fingerprint density at radius 3 is 2.79 bits per heavy atom. The summed E-state index contributed by atoms with van der Waals surface area (Å²) in [5.41, 5.74) is 1.26. The van der Waals surface area contributed by atoms with Gasteiger partial charge >= 0.3 is 0 Å². The molecule has 0 spiro atoms. The summed E-state index contributed by atoms with van der Waals surface area (Å²) >= 11 is 0. The predicted molar refractivity (Wildman–Crippen MR) is 86.1 cm³/mol. The molecule has 2 heterocycles. The van der Waals surface area contributed by atoms with Crippen LogP contribution in [0.2, 0.25) is 0 Å². The number of rotatable bonds is 5. The largest absolute Gasteiger partial charge is 0.467 e. The zero-order valence-electron chi connectivity index (χ0n) is 13.3. The molecule has 0 aliphatic carbocycles. The molecule has 0 saturated carbocycles. The second-order valence-electron chi connectivity index (χ2n) is 5.74. The van der Waals surface area contributed by atoms with Crippen LogP contribution in [0.15, 0.2) is 47.1 Å². The number of fused-ring (bicyclic) bond motifs is 1. The number of hydrogen-bond donors (Lipinski definition) is 1. The standard InChI is InChI=1S/C18H18N2O4/c1-12(15-7-4-10-24-15)19-16(21)8-9-20-17(22)11-13-5-2-3-6-14(13)18(20)23/h2-7,10,12H,8-9,11H2,1H3,(H,19,21)/t12-/m1/s1. The molecule has 0 fully saturated rings. The minimum atomic E-state index is -0.339. The van der Waals surface area contributed by atoms with Crippen molar-refractivity contribution in [3.8, 4) is 0 Å². The first-order valence-electron chi connectivity index (χ1n) is 7.81. The van der Waals surface area contributed by atoms with Crippen LogP contribution in [-0.2, 0) is 16.0 Å². The van der Waals surface area contributed by atoms with E-state index in [9.17, 15) is 14.4 Å². The van der Waals surface area contributed by atoms with Gasteiger partial charge in [0.05, 0.1) is 18.7 Å². The molecule has 1 aliphatic rings. The smallest absolute Gasteiger partial charge is 0.260 e. The van der Waals surface area contributed by atoms with E-state index in [-0.39, 0.29) is 43.1 Å². The van der Waals surface area contributed by atoms with Crippen LogP contribution in [0.3, 0.4) is 0 Å². The molecule has 0 bridgehead atoms. The summed E-state index contributed by atoms with van der Waals surface area (Å²) in [6.07, 6.45) is 1.79. The lowest BCUT2D eigenvalue weighted by atomic mass is 9.98. The van der Waals surface area contributed by atoms with Gasteiger partial charge in [0.1, 0.15) is 5.76 Å². The normalized spacial score (nSPS) is 15.1. The van der Waals surface area contributed by atoms with Gasteiger partial charge in [-0.15, -0.1) is 0 Å². The molecule has 2 aromatic rings. The first-order chi connectivity index (χ1) is 11.6. The summed E-state index contributed by atoms with van der Waals surface area (Å²) in [6.45, 7) is 1.88. The number of amides is 3. The number of benzene rings is 1. The molecule has 1 atom stereocenters. The fraction of sp³-hybridized carbons (Fsp3) is 0.278. The van der Waals surface area contributed by atoms with Crippen LogP contribution in [0.5, 0.6) is 0 Å². The highest BCUT2D eigenvalue weighted by molar-refractivity contribution is 6.09. The molecule has 1 N–H and O–H groups in total. The Morgan fingerprint density at radius 2 is 2.04 bits per heavy atom. The quantitative estimate of drug-likeness (QED) is 0.853. The number of imide groups is 1. The molecule has 0 saturated heterocycles. The third-order valence-corrected chi connectivity index (χ3v) is 4.05. The Bertz CT molecular complexity index is 767. The highest BCUT2D eigenvalue weighted by Crippen LogP contribution is 2.20. The molecular weight excluding hydrogens is 308 g/mol. The molecule has 24 heavy (non-hydrogen) atoms. The molecule has 124 valence electrons. The fourth-order valence-electron chi connectivity index (χ4n) is 2.76. The van der Waals surface area contributed by atoms with Gasteiger partial charge in [-0.05, 0) is 30.7 Å². The topological polar surface area (TPSA) is 79.6 Å². The van der Waals surface area contributed by atoms with Crippen LogP contribution >= 0.6 is 0 Å². The monoisotopic (exact) mass is 326 g/mol. The second-order valence-corrected chi connectivity index (χ2v) is 5.74. The molecule has 0 unspecified atom stereocenters. The van der Waals surface area contributed by atoms with Crippen LogP contribution < -0.4 is 5.32 Å². The molecule has 1 aromatic heterocycles. The number of hydrogen-bond acceptors (Lipinski definition) is 4. The van der Waals surface area contributed by atoms with Gasteiger partial charge in [-0.3, -0.25) is 19.3 Å². The van der Waals surface area contributed by atoms with E-state index in [0.29, 0.717) is 11.3 Å². The SMILES string of the molecule is C[C@@H](NC(=O)CCN1C(=O)Cc2ccccc2C1=O)c1ccco1. The first kappa shape index (κ1) is 16.0. The van der Waals surface area contributed by atoms with E-state index in [2.05, 4.69) is 5.32 Å². The van der Waals surface area contributed by atoms with Gasteiger partial charge < -0.3 is 9.73 Å². The van der Waals surface area contributed by atoms with Gasteiger partial charge in [0.15, 0.2) is 0 Å². The van der Waals surface area contributed by atoms with Gasteiger partial charge in [-0.25, -0.2) is 0 Å². The van der Waals surface area contributed by atoms with Crippen molar-refractivity contribution in [1.29, 1.82) is 0 Å². The Labute approximate surface area is 139 Å². The molecule has 3 amide bonds. The average Bonchev–Trinajstić information content (AvgIpc) is 3.09. The zero-order chi connectivity index (χ0) is 17.1. The minimum Gasteiger partial charge on any atom is -0.467 e. The highest BCUT2D eigenvalue weighted by atomic mass is 16.3. The van der Waals surface area contributed by atoms with E-state index in [0.717, 1.165) is 10.5 Å². The van der Waals surface area contributed by atoms with Gasteiger partial charge in [-0.2, -0.15) is 0 Å². The van der Waals surface area contributed by atoms with Crippen molar-refractivity contribution in [3.63, 3.8) is 0 Å². The van der Waals surface area contributed by atoms with E-state index >= 15 is 0 Å². The zero-order valence-corrected chi connectivity index (χ0v) is 13.3. The van der Waals surface area contributed by atoms with Crippen LogP contribution in [0.4, 0.5) is 0 Å². The van der Waals surface area contributed by atoms with Crippen molar-refractivity contribution in [2.75, 3.05) is 6.54 Å². The van der Waals surface area contributed by atoms with Gasteiger partial charge in [-0.1, -0.05) is 18.2 Å². The molecular formula is C18H18N2O4. The predicted octanol–water partition coefficient (Wildman–Crippen LogP) is 2.07.